The van der Waals surface area contributed by atoms with Crippen molar-refractivity contribution >= 4 is 21.6 Å². The predicted molar refractivity (Wildman–Crippen MR) is 64.9 cm³/mol. The summed E-state index contributed by atoms with van der Waals surface area (Å²) in [4.78, 5) is 2.30. The summed E-state index contributed by atoms with van der Waals surface area (Å²) in [5.74, 6) is 0. The smallest absolute Gasteiger partial charge is 0.0992 e. The van der Waals surface area contributed by atoms with Crippen LogP contribution in [0.1, 0.15) is 24.8 Å². The van der Waals surface area contributed by atoms with E-state index in [1.807, 2.05) is 18.2 Å². The molecule has 1 saturated carbocycles. The summed E-state index contributed by atoms with van der Waals surface area (Å²) in [6.45, 7) is 0. The Balaban J connectivity index is 2.24. The van der Waals surface area contributed by atoms with Crippen molar-refractivity contribution in [1.82, 2.24) is 0 Å². The maximum Gasteiger partial charge on any atom is 0.0992 e. The highest BCUT2D eigenvalue weighted by Gasteiger charge is 2.23. The Hall–Kier alpha value is -1.01. The monoisotopic (exact) mass is 264 g/mol. The van der Waals surface area contributed by atoms with Crippen LogP contribution in [0.25, 0.3) is 0 Å². The highest BCUT2D eigenvalue weighted by molar-refractivity contribution is 9.10. The second-order valence-corrected chi connectivity index (χ2v) is 4.83. The molecular formula is C12H13BrN2. The van der Waals surface area contributed by atoms with Crippen molar-refractivity contribution in [3.8, 4) is 6.07 Å². The van der Waals surface area contributed by atoms with Gasteiger partial charge in [0.1, 0.15) is 0 Å². The molecule has 0 bridgehead atoms. The molecule has 0 spiro atoms. The molecule has 0 heterocycles. The lowest BCUT2D eigenvalue weighted by molar-refractivity contribution is 0.401. The van der Waals surface area contributed by atoms with Crippen LogP contribution in [0, 0.1) is 11.3 Å². The van der Waals surface area contributed by atoms with Crippen molar-refractivity contribution in [3.63, 3.8) is 0 Å². The van der Waals surface area contributed by atoms with E-state index in [0.717, 1.165) is 4.47 Å². The number of hydrogen-bond acceptors (Lipinski definition) is 2. The zero-order valence-electron chi connectivity index (χ0n) is 8.70. The standard InChI is InChI=1S/C12H13BrN2/c1-15(10-3-2-4-10)12-6-5-9(8-14)7-11(12)13/h5-7,10H,2-4H2,1H3. The van der Waals surface area contributed by atoms with Gasteiger partial charge >= 0.3 is 0 Å². The van der Waals surface area contributed by atoms with E-state index < -0.39 is 0 Å². The summed E-state index contributed by atoms with van der Waals surface area (Å²) in [7, 11) is 2.12. The van der Waals surface area contributed by atoms with E-state index >= 15 is 0 Å². The molecule has 0 radical (unpaired) electrons. The lowest BCUT2D eigenvalue weighted by Gasteiger charge is -2.36. The second kappa shape index (κ2) is 4.24. The van der Waals surface area contributed by atoms with E-state index in [1.165, 1.54) is 24.9 Å². The number of rotatable bonds is 2. The molecular weight excluding hydrogens is 252 g/mol. The molecule has 0 amide bonds. The maximum atomic E-state index is 8.77. The van der Waals surface area contributed by atoms with Crippen molar-refractivity contribution in [2.24, 2.45) is 0 Å². The maximum absolute atomic E-state index is 8.77. The molecule has 1 aromatic rings. The second-order valence-electron chi connectivity index (χ2n) is 3.97. The first-order valence-corrected chi connectivity index (χ1v) is 5.94. The van der Waals surface area contributed by atoms with Gasteiger partial charge < -0.3 is 4.90 Å². The summed E-state index contributed by atoms with van der Waals surface area (Å²) >= 11 is 3.52. The molecule has 3 heteroatoms. The zero-order valence-corrected chi connectivity index (χ0v) is 10.3. The third kappa shape index (κ3) is 2.00. The van der Waals surface area contributed by atoms with Crippen LogP contribution in [0.5, 0.6) is 0 Å². The average molecular weight is 265 g/mol. The van der Waals surface area contributed by atoms with E-state index in [-0.39, 0.29) is 0 Å². The average Bonchev–Trinajstić information content (AvgIpc) is 2.14. The molecule has 2 rings (SSSR count). The first-order valence-electron chi connectivity index (χ1n) is 5.15. The van der Waals surface area contributed by atoms with Crippen LogP contribution in [-0.2, 0) is 0 Å². The van der Waals surface area contributed by atoms with Gasteiger partial charge in [-0.3, -0.25) is 0 Å². The van der Waals surface area contributed by atoms with Crippen LogP contribution in [0.15, 0.2) is 22.7 Å². The van der Waals surface area contributed by atoms with E-state index in [0.29, 0.717) is 11.6 Å². The molecule has 15 heavy (non-hydrogen) atoms. The predicted octanol–water partition coefficient (Wildman–Crippen LogP) is 3.31. The fourth-order valence-electron chi connectivity index (χ4n) is 1.83. The molecule has 2 nitrogen and oxygen atoms in total. The van der Waals surface area contributed by atoms with Gasteiger partial charge in [0, 0.05) is 17.6 Å². The van der Waals surface area contributed by atoms with Crippen molar-refractivity contribution < 1.29 is 0 Å². The Labute approximate surface area is 98.6 Å². The Morgan fingerprint density at radius 3 is 2.67 bits per heavy atom. The van der Waals surface area contributed by atoms with Gasteiger partial charge in [-0.15, -0.1) is 0 Å². The summed E-state index contributed by atoms with van der Waals surface area (Å²) in [6.07, 6.45) is 3.90. The van der Waals surface area contributed by atoms with Gasteiger partial charge in [0.25, 0.3) is 0 Å². The van der Waals surface area contributed by atoms with Crippen LogP contribution in [0.3, 0.4) is 0 Å². The molecule has 0 unspecified atom stereocenters. The topological polar surface area (TPSA) is 27.0 Å². The molecule has 0 aromatic heterocycles. The van der Waals surface area contributed by atoms with Gasteiger partial charge in [-0.2, -0.15) is 5.26 Å². The minimum Gasteiger partial charge on any atom is -0.371 e. The number of hydrogen-bond donors (Lipinski definition) is 0. The summed E-state index contributed by atoms with van der Waals surface area (Å²) in [5, 5.41) is 8.77. The molecule has 1 fully saturated rings. The summed E-state index contributed by atoms with van der Waals surface area (Å²) in [5.41, 5.74) is 1.88. The Kier molecular flexibility index (Phi) is 2.97. The fraction of sp³-hybridized carbons (Fsp3) is 0.417. The molecule has 78 valence electrons. The molecule has 1 aromatic carbocycles. The largest absolute Gasteiger partial charge is 0.371 e. The lowest BCUT2D eigenvalue weighted by Crippen LogP contribution is -2.37. The highest BCUT2D eigenvalue weighted by atomic mass is 79.9. The van der Waals surface area contributed by atoms with Crippen molar-refractivity contribution in [2.75, 3.05) is 11.9 Å². The van der Waals surface area contributed by atoms with Crippen LogP contribution < -0.4 is 4.90 Å². The normalized spacial score (nSPS) is 15.5. The van der Waals surface area contributed by atoms with E-state index in [2.05, 4.69) is 33.9 Å². The summed E-state index contributed by atoms with van der Waals surface area (Å²) in [6, 6.07) is 8.58. The molecule has 0 atom stereocenters. The number of nitrogens with zero attached hydrogens (tertiary/aromatic N) is 2. The van der Waals surface area contributed by atoms with Crippen LogP contribution in [0.4, 0.5) is 5.69 Å². The van der Waals surface area contributed by atoms with Gasteiger partial charge in [0.05, 0.1) is 17.3 Å². The number of halogens is 1. The third-order valence-electron chi connectivity index (χ3n) is 3.08. The van der Waals surface area contributed by atoms with Gasteiger partial charge in [-0.1, -0.05) is 0 Å². The van der Waals surface area contributed by atoms with Crippen molar-refractivity contribution in [1.29, 1.82) is 5.26 Å². The Morgan fingerprint density at radius 2 is 2.20 bits per heavy atom. The first-order chi connectivity index (χ1) is 7.22. The van der Waals surface area contributed by atoms with Gasteiger partial charge in [0.2, 0.25) is 0 Å². The van der Waals surface area contributed by atoms with E-state index in [1.54, 1.807) is 0 Å². The number of benzene rings is 1. The molecule has 0 saturated heterocycles. The van der Waals surface area contributed by atoms with Crippen LogP contribution in [-0.4, -0.2) is 13.1 Å². The number of anilines is 1. The van der Waals surface area contributed by atoms with E-state index in [9.17, 15) is 0 Å². The quantitative estimate of drug-likeness (QED) is 0.820. The molecule has 0 aliphatic heterocycles. The fourth-order valence-corrected chi connectivity index (χ4v) is 2.49. The van der Waals surface area contributed by atoms with Crippen molar-refractivity contribution in [2.45, 2.75) is 25.3 Å². The SMILES string of the molecule is CN(c1ccc(C#N)cc1Br)C1CCC1. The van der Waals surface area contributed by atoms with Gasteiger partial charge in [0.15, 0.2) is 0 Å². The molecule has 1 aliphatic rings. The van der Waals surface area contributed by atoms with Crippen LogP contribution >= 0.6 is 15.9 Å². The zero-order chi connectivity index (χ0) is 10.8. The van der Waals surface area contributed by atoms with Gasteiger partial charge in [-0.25, -0.2) is 0 Å². The summed E-state index contributed by atoms with van der Waals surface area (Å²) < 4.78 is 1.01. The molecule has 1 aliphatic carbocycles. The molecule has 0 N–H and O–H groups in total. The minimum atomic E-state index is 0.675. The lowest BCUT2D eigenvalue weighted by atomic mass is 9.91. The highest BCUT2D eigenvalue weighted by Crippen LogP contribution is 2.33. The third-order valence-corrected chi connectivity index (χ3v) is 3.71. The Morgan fingerprint density at radius 1 is 1.47 bits per heavy atom. The van der Waals surface area contributed by atoms with Gasteiger partial charge in [-0.05, 0) is 53.4 Å². The first kappa shape index (κ1) is 10.5. The minimum absolute atomic E-state index is 0.675. The van der Waals surface area contributed by atoms with E-state index in [4.69, 9.17) is 5.26 Å². The number of nitriles is 1. The van der Waals surface area contributed by atoms with Crippen LogP contribution in [0.2, 0.25) is 0 Å². The Bertz CT molecular complexity index is 405. The van der Waals surface area contributed by atoms with Crippen molar-refractivity contribution in [3.05, 3.63) is 28.2 Å².